The first kappa shape index (κ1) is 13.1. The van der Waals surface area contributed by atoms with Crippen LogP contribution < -0.4 is 0 Å². The number of nitrogens with zero attached hydrogens (tertiary/aromatic N) is 1. The molecule has 1 fully saturated rings. The van der Waals surface area contributed by atoms with Gasteiger partial charge in [0.05, 0.1) is 13.2 Å². The fourth-order valence-electron chi connectivity index (χ4n) is 1.80. The highest BCUT2D eigenvalue weighted by atomic mass is 19.1. The van der Waals surface area contributed by atoms with Gasteiger partial charge in [-0.1, -0.05) is 6.58 Å². The standard InChI is InChI=1S/C11H18FNO3/c1-7(8(2)14)5-13-6-9(12)4-10(13)11(15)16-3/h8-10,14H,1,4-6H2,2-3H3/t8?,9-,10+/m1/s1. The number of aliphatic hydroxyl groups excluding tert-OH is 1. The van der Waals surface area contributed by atoms with Crippen molar-refractivity contribution in [1.29, 1.82) is 0 Å². The van der Waals surface area contributed by atoms with Crippen molar-refractivity contribution < 1.29 is 19.0 Å². The Morgan fingerprint density at radius 2 is 2.38 bits per heavy atom. The zero-order chi connectivity index (χ0) is 12.3. The lowest BCUT2D eigenvalue weighted by molar-refractivity contribution is -0.145. The topological polar surface area (TPSA) is 49.8 Å². The van der Waals surface area contributed by atoms with Crippen LogP contribution in [0.2, 0.25) is 0 Å². The molecule has 0 aliphatic carbocycles. The third-order valence-electron chi connectivity index (χ3n) is 2.82. The highest BCUT2D eigenvalue weighted by Crippen LogP contribution is 2.22. The van der Waals surface area contributed by atoms with Crippen molar-refractivity contribution in [2.24, 2.45) is 0 Å². The number of carbonyl (C=O) groups excluding carboxylic acids is 1. The van der Waals surface area contributed by atoms with Gasteiger partial charge in [-0.05, 0) is 12.5 Å². The molecular weight excluding hydrogens is 213 g/mol. The molecule has 1 heterocycles. The summed E-state index contributed by atoms with van der Waals surface area (Å²) in [5.41, 5.74) is 0.572. The molecule has 3 atom stereocenters. The molecule has 1 unspecified atom stereocenters. The molecule has 0 spiro atoms. The fourth-order valence-corrected chi connectivity index (χ4v) is 1.80. The van der Waals surface area contributed by atoms with E-state index in [4.69, 9.17) is 0 Å². The summed E-state index contributed by atoms with van der Waals surface area (Å²) in [6.07, 6.45) is -1.53. The van der Waals surface area contributed by atoms with Crippen LogP contribution in [-0.4, -0.2) is 54.5 Å². The average Bonchev–Trinajstić information content (AvgIpc) is 2.58. The normalized spacial score (nSPS) is 27.8. The van der Waals surface area contributed by atoms with Gasteiger partial charge in [-0.2, -0.15) is 0 Å². The summed E-state index contributed by atoms with van der Waals surface area (Å²) in [5, 5.41) is 9.29. The summed E-state index contributed by atoms with van der Waals surface area (Å²) >= 11 is 0. The van der Waals surface area contributed by atoms with E-state index in [1.807, 2.05) is 0 Å². The minimum Gasteiger partial charge on any atom is -0.468 e. The van der Waals surface area contributed by atoms with E-state index < -0.39 is 24.3 Å². The predicted molar refractivity (Wildman–Crippen MR) is 57.7 cm³/mol. The van der Waals surface area contributed by atoms with Gasteiger partial charge in [-0.3, -0.25) is 9.69 Å². The molecule has 0 saturated carbocycles. The number of rotatable bonds is 4. The lowest BCUT2D eigenvalue weighted by Crippen LogP contribution is -2.39. The zero-order valence-electron chi connectivity index (χ0n) is 9.65. The van der Waals surface area contributed by atoms with E-state index in [2.05, 4.69) is 11.3 Å². The number of likely N-dealkylation sites (tertiary alicyclic amines) is 1. The Labute approximate surface area is 94.7 Å². The molecule has 92 valence electrons. The maximum atomic E-state index is 13.2. The van der Waals surface area contributed by atoms with Crippen LogP contribution in [0, 0.1) is 0 Å². The molecule has 1 rings (SSSR count). The molecule has 0 radical (unpaired) electrons. The van der Waals surface area contributed by atoms with Crippen LogP contribution in [0.1, 0.15) is 13.3 Å². The Kier molecular flexibility index (Phi) is 4.44. The van der Waals surface area contributed by atoms with Gasteiger partial charge in [0.25, 0.3) is 0 Å². The minimum atomic E-state index is -1.02. The Morgan fingerprint density at radius 1 is 1.75 bits per heavy atom. The molecule has 0 amide bonds. The largest absolute Gasteiger partial charge is 0.468 e. The van der Waals surface area contributed by atoms with E-state index in [1.165, 1.54) is 7.11 Å². The first-order valence-electron chi connectivity index (χ1n) is 5.27. The van der Waals surface area contributed by atoms with E-state index in [0.717, 1.165) is 0 Å². The maximum Gasteiger partial charge on any atom is 0.323 e. The minimum absolute atomic E-state index is 0.153. The van der Waals surface area contributed by atoms with Gasteiger partial charge in [0.1, 0.15) is 12.2 Å². The van der Waals surface area contributed by atoms with Gasteiger partial charge in [0, 0.05) is 19.5 Å². The van der Waals surface area contributed by atoms with Crippen LogP contribution in [0.4, 0.5) is 4.39 Å². The molecule has 1 aliphatic heterocycles. The first-order chi connectivity index (χ1) is 7.45. The molecule has 16 heavy (non-hydrogen) atoms. The van der Waals surface area contributed by atoms with Gasteiger partial charge in [-0.25, -0.2) is 4.39 Å². The van der Waals surface area contributed by atoms with Crippen molar-refractivity contribution in [3.63, 3.8) is 0 Å². The third-order valence-corrected chi connectivity index (χ3v) is 2.82. The smallest absolute Gasteiger partial charge is 0.323 e. The van der Waals surface area contributed by atoms with E-state index in [1.54, 1.807) is 11.8 Å². The molecular formula is C11H18FNO3. The number of hydrogen-bond donors (Lipinski definition) is 1. The molecule has 0 aromatic carbocycles. The number of hydrogen-bond acceptors (Lipinski definition) is 4. The summed E-state index contributed by atoms with van der Waals surface area (Å²) in [6, 6.07) is -0.560. The number of aliphatic hydroxyl groups is 1. The number of ether oxygens (including phenoxy) is 1. The molecule has 5 heteroatoms. The molecule has 1 N–H and O–H groups in total. The average molecular weight is 231 g/mol. The van der Waals surface area contributed by atoms with Crippen molar-refractivity contribution in [3.05, 3.63) is 12.2 Å². The Hall–Kier alpha value is -0.940. The van der Waals surface area contributed by atoms with E-state index in [-0.39, 0.29) is 13.0 Å². The first-order valence-corrected chi connectivity index (χ1v) is 5.27. The SMILES string of the molecule is C=C(CN1C[C@H](F)C[C@H]1C(=O)OC)C(C)O. The maximum absolute atomic E-state index is 13.2. The van der Waals surface area contributed by atoms with Gasteiger partial charge < -0.3 is 9.84 Å². The van der Waals surface area contributed by atoms with Gasteiger partial charge >= 0.3 is 5.97 Å². The second-order valence-electron chi connectivity index (χ2n) is 4.14. The lowest BCUT2D eigenvalue weighted by atomic mass is 10.1. The monoisotopic (exact) mass is 231 g/mol. The summed E-state index contributed by atoms with van der Waals surface area (Å²) in [5.74, 6) is -0.432. The molecule has 1 aliphatic rings. The molecule has 4 nitrogen and oxygen atoms in total. The van der Waals surface area contributed by atoms with Crippen LogP contribution in [0.15, 0.2) is 12.2 Å². The lowest BCUT2D eigenvalue weighted by Gasteiger charge is -2.23. The van der Waals surface area contributed by atoms with E-state index in [9.17, 15) is 14.3 Å². The van der Waals surface area contributed by atoms with Crippen LogP contribution in [-0.2, 0) is 9.53 Å². The molecule has 0 bridgehead atoms. The van der Waals surface area contributed by atoms with Crippen molar-refractivity contribution >= 4 is 5.97 Å². The fraction of sp³-hybridized carbons (Fsp3) is 0.727. The second-order valence-corrected chi connectivity index (χ2v) is 4.14. The Morgan fingerprint density at radius 3 is 2.88 bits per heavy atom. The molecule has 1 saturated heterocycles. The number of halogens is 1. The van der Waals surface area contributed by atoms with Crippen LogP contribution in [0.25, 0.3) is 0 Å². The summed E-state index contributed by atoms with van der Waals surface area (Å²) < 4.78 is 17.8. The quantitative estimate of drug-likeness (QED) is 0.565. The van der Waals surface area contributed by atoms with Gasteiger partial charge in [-0.15, -0.1) is 0 Å². The van der Waals surface area contributed by atoms with Crippen LogP contribution in [0.5, 0.6) is 0 Å². The summed E-state index contributed by atoms with van der Waals surface area (Å²) in [4.78, 5) is 13.1. The molecule has 0 aromatic rings. The Balaban J connectivity index is 2.63. The van der Waals surface area contributed by atoms with Crippen molar-refractivity contribution in [2.45, 2.75) is 31.7 Å². The second kappa shape index (κ2) is 5.41. The van der Waals surface area contributed by atoms with Crippen molar-refractivity contribution in [3.8, 4) is 0 Å². The van der Waals surface area contributed by atoms with E-state index >= 15 is 0 Å². The van der Waals surface area contributed by atoms with Crippen LogP contribution >= 0.6 is 0 Å². The summed E-state index contributed by atoms with van der Waals surface area (Å²) in [6.45, 7) is 5.80. The number of methoxy groups -OCH3 is 1. The highest BCUT2D eigenvalue weighted by Gasteiger charge is 2.37. The number of esters is 1. The van der Waals surface area contributed by atoms with Gasteiger partial charge in [0.15, 0.2) is 0 Å². The van der Waals surface area contributed by atoms with Crippen LogP contribution in [0.3, 0.4) is 0 Å². The zero-order valence-corrected chi connectivity index (χ0v) is 9.65. The van der Waals surface area contributed by atoms with E-state index in [0.29, 0.717) is 12.1 Å². The van der Waals surface area contributed by atoms with Gasteiger partial charge in [0.2, 0.25) is 0 Å². The third kappa shape index (κ3) is 3.02. The Bertz CT molecular complexity index is 280. The van der Waals surface area contributed by atoms with Crippen molar-refractivity contribution in [1.82, 2.24) is 4.90 Å². The number of alkyl halides is 1. The highest BCUT2D eigenvalue weighted by molar-refractivity contribution is 5.76. The molecule has 0 aromatic heterocycles. The number of carbonyl (C=O) groups is 1. The predicted octanol–water partition coefficient (Wildman–Crippen LogP) is 0.509. The summed E-state index contributed by atoms with van der Waals surface area (Å²) in [7, 11) is 1.29. The van der Waals surface area contributed by atoms with Crippen molar-refractivity contribution in [2.75, 3.05) is 20.2 Å².